The van der Waals surface area contributed by atoms with Gasteiger partial charge in [0.2, 0.25) is 0 Å². The van der Waals surface area contributed by atoms with Gasteiger partial charge in [-0.15, -0.1) is 0 Å². The minimum Gasteiger partial charge on any atom is -0.484 e. The molecule has 0 saturated carbocycles. The lowest BCUT2D eigenvalue weighted by atomic mass is 10.1. The molecule has 5 nitrogen and oxygen atoms in total. The van der Waals surface area contributed by atoms with Gasteiger partial charge in [0.15, 0.2) is 6.61 Å². The fourth-order valence-electron chi connectivity index (χ4n) is 1.92. The first-order valence-corrected chi connectivity index (χ1v) is 6.21. The van der Waals surface area contributed by atoms with Crippen molar-refractivity contribution in [3.05, 3.63) is 54.9 Å². The predicted molar refractivity (Wildman–Crippen MR) is 76.7 cm³/mol. The third-order valence-electron chi connectivity index (χ3n) is 2.87. The number of carbonyl (C=O) groups is 1. The SMILES string of the molecule is O=C(COc1ccc2ccccc2c1)Nc1cn[nH]c1. The molecule has 5 heteroatoms. The van der Waals surface area contributed by atoms with Crippen LogP contribution < -0.4 is 10.1 Å². The molecule has 1 amide bonds. The van der Waals surface area contributed by atoms with Gasteiger partial charge in [-0.1, -0.05) is 30.3 Å². The zero-order valence-electron chi connectivity index (χ0n) is 10.7. The molecule has 0 saturated heterocycles. The number of benzene rings is 2. The minimum absolute atomic E-state index is 0.0382. The number of nitrogens with one attached hydrogen (secondary N) is 2. The van der Waals surface area contributed by atoms with Crippen molar-refractivity contribution in [2.24, 2.45) is 0 Å². The molecule has 0 unspecified atom stereocenters. The van der Waals surface area contributed by atoms with E-state index in [0.29, 0.717) is 11.4 Å². The van der Waals surface area contributed by atoms with E-state index in [0.717, 1.165) is 10.8 Å². The van der Waals surface area contributed by atoms with Gasteiger partial charge in [-0.05, 0) is 22.9 Å². The van der Waals surface area contributed by atoms with Gasteiger partial charge in [-0.25, -0.2) is 0 Å². The number of hydrogen-bond acceptors (Lipinski definition) is 3. The van der Waals surface area contributed by atoms with Crippen LogP contribution >= 0.6 is 0 Å². The third-order valence-corrected chi connectivity index (χ3v) is 2.87. The van der Waals surface area contributed by atoms with Crippen LogP contribution in [0.5, 0.6) is 5.75 Å². The molecule has 2 N–H and O–H groups in total. The number of carbonyl (C=O) groups excluding carboxylic acids is 1. The fourth-order valence-corrected chi connectivity index (χ4v) is 1.92. The second-order valence-corrected chi connectivity index (χ2v) is 4.33. The molecule has 0 aliphatic carbocycles. The molecular formula is C15H13N3O2. The summed E-state index contributed by atoms with van der Waals surface area (Å²) in [5.74, 6) is 0.450. The molecule has 0 aliphatic heterocycles. The highest BCUT2D eigenvalue weighted by Gasteiger charge is 2.04. The number of aromatic amines is 1. The van der Waals surface area contributed by atoms with E-state index in [1.807, 2.05) is 42.5 Å². The molecule has 100 valence electrons. The molecule has 0 atom stereocenters. The van der Waals surface area contributed by atoms with Crippen LogP contribution in [0.25, 0.3) is 10.8 Å². The maximum Gasteiger partial charge on any atom is 0.262 e. The van der Waals surface area contributed by atoms with E-state index in [-0.39, 0.29) is 12.5 Å². The number of anilines is 1. The van der Waals surface area contributed by atoms with Crippen molar-refractivity contribution in [3.63, 3.8) is 0 Å². The molecular weight excluding hydrogens is 254 g/mol. The molecule has 0 fully saturated rings. The number of ether oxygens (including phenoxy) is 1. The van der Waals surface area contributed by atoms with Crippen molar-refractivity contribution in [2.45, 2.75) is 0 Å². The van der Waals surface area contributed by atoms with E-state index < -0.39 is 0 Å². The average molecular weight is 267 g/mol. The van der Waals surface area contributed by atoms with E-state index >= 15 is 0 Å². The van der Waals surface area contributed by atoms with Gasteiger partial charge in [-0.2, -0.15) is 5.10 Å². The number of hydrogen-bond donors (Lipinski definition) is 2. The monoisotopic (exact) mass is 267 g/mol. The summed E-state index contributed by atoms with van der Waals surface area (Å²) in [6.45, 7) is -0.0382. The van der Waals surface area contributed by atoms with Crippen LogP contribution in [0.1, 0.15) is 0 Å². The number of rotatable bonds is 4. The second kappa shape index (κ2) is 5.44. The maximum absolute atomic E-state index is 11.7. The first-order chi connectivity index (χ1) is 9.81. The number of aromatic nitrogens is 2. The van der Waals surface area contributed by atoms with Crippen LogP contribution in [0.15, 0.2) is 54.9 Å². The number of amides is 1. The summed E-state index contributed by atoms with van der Waals surface area (Å²) in [5, 5.41) is 11.3. The normalized spacial score (nSPS) is 10.4. The molecule has 20 heavy (non-hydrogen) atoms. The molecule has 0 radical (unpaired) electrons. The quantitative estimate of drug-likeness (QED) is 0.763. The lowest BCUT2D eigenvalue weighted by Gasteiger charge is -2.07. The van der Waals surface area contributed by atoms with Crippen molar-refractivity contribution in [2.75, 3.05) is 11.9 Å². The summed E-state index contributed by atoms with van der Waals surface area (Å²) in [6.07, 6.45) is 3.14. The molecule has 0 spiro atoms. The highest BCUT2D eigenvalue weighted by molar-refractivity contribution is 5.91. The van der Waals surface area contributed by atoms with Crippen LogP contribution in [0.2, 0.25) is 0 Å². The van der Waals surface area contributed by atoms with E-state index in [1.165, 1.54) is 6.20 Å². The van der Waals surface area contributed by atoms with Crippen molar-refractivity contribution >= 4 is 22.4 Å². The summed E-state index contributed by atoms with van der Waals surface area (Å²) in [4.78, 5) is 11.7. The van der Waals surface area contributed by atoms with E-state index in [1.54, 1.807) is 6.20 Å². The summed E-state index contributed by atoms with van der Waals surface area (Å²) < 4.78 is 5.48. The zero-order valence-corrected chi connectivity index (χ0v) is 10.7. The van der Waals surface area contributed by atoms with Gasteiger partial charge in [-0.3, -0.25) is 9.89 Å². The number of fused-ring (bicyclic) bond motifs is 1. The molecule has 3 rings (SSSR count). The zero-order chi connectivity index (χ0) is 13.8. The Morgan fingerprint density at radius 3 is 2.85 bits per heavy atom. The fraction of sp³-hybridized carbons (Fsp3) is 0.0667. The first kappa shape index (κ1) is 12.2. The summed E-state index contributed by atoms with van der Waals surface area (Å²) in [5.41, 5.74) is 0.622. The van der Waals surface area contributed by atoms with Gasteiger partial charge in [0, 0.05) is 6.20 Å². The van der Waals surface area contributed by atoms with Crippen molar-refractivity contribution in [1.29, 1.82) is 0 Å². The van der Waals surface area contributed by atoms with Gasteiger partial charge < -0.3 is 10.1 Å². The van der Waals surface area contributed by atoms with Gasteiger partial charge in [0.25, 0.3) is 5.91 Å². The van der Waals surface area contributed by atoms with Crippen molar-refractivity contribution in [1.82, 2.24) is 10.2 Å². The number of H-pyrrole nitrogens is 1. The van der Waals surface area contributed by atoms with Gasteiger partial charge >= 0.3 is 0 Å². The highest BCUT2D eigenvalue weighted by atomic mass is 16.5. The Hall–Kier alpha value is -2.82. The van der Waals surface area contributed by atoms with Crippen LogP contribution in [-0.2, 0) is 4.79 Å². The Morgan fingerprint density at radius 2 is 2.05 bits per heavy atom. The molecule has 1 aromatic heterocycles. The van der Waals surface area contributed by atoms with Crippen LogP contribution in [0.3, 0.4) is 0 Å². The van der Waals surface area contributed by atoms with Crippen LogP contribution in [-0.4, -0.2) is 22.7 Å². The Labute approximate surface area is 115 Å². The van der Waals surface area contributed by atoms with Crippen molar-refractivity contribution in [3.8, 4) is 5.75 Å². The Morgan fingerprint density at radius 1 is 1.20 bits per heavy atom. The van der Waals surface area contributed by atoms with E-state index in [2.05, 4.69) is 15.5 Å². The topological polar surface area (TPSA) is 67.0 Å². The maximum atomic E-state index is 11.7. The van der Waals surface area contributed by atoms with Crippen molar-refractivity contribution < 1.29 is 9.53 Å². The average Bonchev–Trinajstić information content (AvgIpc) is 2.98. The largest absolute Gasteiger partial charge is 0.484 e. The lowest BCUT2D eigenvalue weighted by molar-refractivity contribution is -0.118. The molecule has 1 heterocycles. The Bertz CT molecular complexity index is 723. The van der Waals surface area contributed by atoms with Gasteiger partial charge in [0.05, 0.1) is 11.9 Å². The standard InChI is InChI=1S/C15H13N3O2/c19-15(18-13-8-16-17-9-13)10-20-14-6-5-11-3-1-2-4-12(11)7-14/h1-9H,10H2,(H,16,17)(H,18,19). The third kappa shape index (κ3) is 2.77. The first-order valence-electron chi connectivity index (χ1n) is 6.21. The smallest absolute Gasteiger partial charge is 0.262 e. The predicted octanol–water partition coefficient (Wildman–Crippen LogP) is 2.58. The van der Waals surface area contributed by atoms with Gasteiger partial charge in [0.1, 0.15) is 5.75 Å². The van der Waals surface area contributed by atoms with E-state index in [4.69, 9.17) is 4.74 Å². The number of nitrogens with zero attached hydrogens (tertiary/aromatic N) is 1. The van der Waals surface area contributed by atoms with Crippen LogP contribution in [0, 0.1) is 0 Å². The molecule has 3 aromatic rings. The Kier molecular flexibility index (Phi) is 3.33. The minimum atomic E-state index is -0.223. The summed E-state index contributed by atoms with van der Waals surface area (Å²) in [7, 11) is 0. The molecule has 2 aromatic carbocycles. The molecule has 0 bridgehead atoms. The lowest BCUT2D eigenvalue weighted by Crippen LogP contribution is -2.19. The van der Waals surface area contributed by atoms with E-state index in [9.17, 15) is 4.79 Å². The Balaban J connectivity index is 1.63. The van der Waals surface area contributed by atoms with Crippen LogP contribution in [0.4, 0.5) is 5.69 Å². The second-order valence-electron chi connectivity index (χ2n) is 4.33. The highest BCUT2D eigenvalue weighted by Crippen LogP contribution is 2.20. The summed E-state index contributed by atoms with van der Waals surface area (Å²) >= 11 is 0. The summed E-state index contributed by atoms with van der Waals surface area (Å²) in [6, 6.07) is 13.7. The molecule has 0 aliphatic rings.